The molecule has 0 spiro atoms. The fourth-order valence-electron chi connectivity index (χ4n) is 1.27. The number of ketones is 1. The molecule has 0 radical (unpaired) electrons. The minimum Gasteiger partial charge on any atom is -0.492 e. The lowest BCUT2D eigenvalue weighted by Gasteiger charge is -2.07. The summed E-state index contributed by atoms with van der Waals surface area (Å²) in [5.74, 6) is -0.184. The van der Waals surface area contributed by atoms with Crippen LogP contribution in [0, 0.1) is 0 Å². The second kappa shape index (κ2) is 6.37. The maximum Gasteiger partial charge on any atom is 0.389 e. The van der Waals surface area contributed by atoms with Crippen molar-refractivity contribution in [2.45, 2.75) is 32.4 Å². The molecule has 3 nitrogen and oxygen atoms in total. The first kappa shape index (κ1) is 14.5. The Labute approximate surface area is 103 Å². The third-order valence-corrected chi connectivity index (χ3v) is 2.14. The van der Waals surface area contributed by atoms with E-state index in [9.17, 15) is 18.0 Å². The molecule has 0 N–H and O–H groups in total. The quantitative estimate of drug-likeness (QED) is 0.737. The summed E-state index contributed by atoms with van der Waals surface area (Å²) >= 11 is 0. The molecule has 1 heterocycles. The van der Waals surface area contributed by atoms with Crippen molar-refractivity contribution in [1.29, 1.82) is 0 Å². The van der Waals surface area contributed by atoms with E-state index in [0.29, 0.717) is 12.4 Å². The van der Waals surface area contributed by atoms with E-state index in [4.69, 9.17) is 4.74 Å². The van der Waals surface area contributed by atoms with E-state index in [0.717, 1.165) is 6.42 Å². The molecule has 100 valence electrons. The summed E-state index contributed by atoms with van der Waals surface area (Å²) in [6, 6.07) is 1.42. The van der Waals surface area contributed by atoms with Crippen LogP contribution in [0.15, 0.2) is 18.5 Å². The molecule has 18 heavy (non-hydrogen) atoms. The number of hydrogen-bond acceptors (Lipinski definition) is 3. The van der Waals surface area contributed by atoms with Gasteiger partial charge in [0.1, 0.15) is 5.75 Å². The zero-order valence-electron chi connectivity index (χ0n) is 9.96. The van der Waals surface area contributed by atoms with Crippen molar-refractivity contribution >= 4 is 5.78 Å². The van der Waals surface area contributed by atoms with Gasteiger partial charge in [-0.25, -0.2) is 0 Å². The van der Waals surface area contributed by atoms with Gasteiger partial charge in [-0.15, -0.1) is 0 Å². The molecule has 0 aliphatic heterocycles. The third kappa shape index (κ3) is 5.16. The number of carbonyl (C=O) groups is 1. The molecular weight excluding hydrogens is 247 g/mol. The van der Waals surface area contributed by atoms with Crippen LogP contribution in [-0.4, -0.2) is 23.6 Å². The average Bonchev–Trinajstić information content (AvgIpc) is 2.33. The van der Waals surface area contributed by atoms with Crippen molar-refractivity contribution in [3.8, 4) is 5.75 Å². The molecule has 6 heteroatoms. The number of Topliss-reactive ketones (excluding diaryl/α,β-unsaturated/α-hetero) is 1. The fourth-order valence-corrected chi connectivity index (χ4v) is 1.27. The van der Waals surface area contributed by atoms with E-state index in [1.165, 1.54) is 18.5 Å². The number of nitrogens with zero attached hydrogens (tertiary/aromatic N) is 1. The van der Waals surface area contributed by atoms with Crippen molar-refractivity contribution in [3.05, 3.63) is 24.0 Å². The van der Waals surface area contributed by atoms with Gasteiger partial charge in [0.15, 0.2) is 5.78 Å². The van der Waals surface area contributed by atoms with Gasteiger partial charge >= 0.3 is 6.18 Å². The van der Waals surface area contributed by atoms with Crippen LogP contribution in [-0.2, 0) is 0 Å². The topological polar surface area (TPSA) is 39.2 Å². The maximum atomic E-state index is 12.0. The molecule has 0 bridgehead atoms. The third-order valence-electron chi connectivity index (χ3n) is 2.14. The number of aromatic nitrogens is 1. The van der Waals surface area contributed by atoms with Gasteiger partial charge in [0.2, 0.25) is 0 Å². The van der Waals surface area contributed by atoms with Gasteiger partial charge < -0.3 is 4.74 Å². The molecule has 1 aromatic heterocycles. The summed E-state index contributed by atoms with van der Waals surface area (Å²) in [5, 5.41) is 0. The second-order valence-electron chi connectivity index (χ2n) is 3.80. The van der Waals surface area contributed by atoms with Crippen LogP contribution in [0.2, 0.25) is 0 Å². The van der Waals surface area contributed by atoms with Gasteiger partial charge in [-0.1, -0.05) is 6.92 Å². The molecular formula is C12H14F3NO2. The lowest BCUT2D eigenvalue weighted by atomic mass is 10.1. The molecule has 1 aromatic rings. The van der Waals surface area contributed by atoms with Gasteiger partial charge in [0, 0.05) is 18.2 Å². The van der Waals surface area contributed by atoms with Crippen LogP contribution in [0.1, 0.15) is 36.5 Å². The smallest absolute Gasteiger partial charge is 0.389 e. The number of hydrogen-bond donors (Lipinski definition) is 0. The molecule has 0 saturated heterocycles. The maximum absolute atomic E-state index is 12.0. The molecule has 0 aliphatic rings. The Balaban J connectivity index is 2.62. The van der Waals surface area contributed by atoms with E-state index in [2.05, 4.69) is 4.98 Å². The largest absolute Gasteiger partial charge is 0.492 e. The monoisotopic (exact) mass is 261 g/mol. The van der Waals surface area contributed by atoms with Crippen LogP contribution in [0.3, 0.4) is 0 Å². The summed E-state index contributed by atoms with van der Waals surface area (Å²) in [5.41, 5.74) is 0.146. The number of rotatable bonds is 6. The first-order valence-electron chi connectivity index (χ1n) is 5.60. The second-order valence-corrected chi connectivity index (χ2v) is 3.80. The van der Waals surface area contributed by atoms with Crippen molar-refractivity contribution in [2.75, 3.05) is 6.61 Å². The van der Waals surface area contributed by atoms with Gasteiger partial charge in [-0.3, -0.25) is 9.78 Å². The minimum absolute atomic E-state index is 0.146. The van der Waals surface area contributed by atoms with Crippen molar-refractivity contribution in [3.63, 3.8) is 0 Å². The van der Waals surface area contributed by atoms with Gasteiger partial charge in [-0.05, 0) is 12.5 Å². The first-order valence-corrected chi connectivity index (χ1v) is 5.60. The zero-order valence-corrected chi connectivity index (χ0v) is 9.96. The average molecular weight is 261 g/mol. The lowest BCUT2D eigenvalue weighted by molar-refractivity contribution is -0.133. The van der Waals surface area contributed by atoms with Gasteiger partial charge in [-0.2, -0.15) is 13.2 Å². The molecule has 0 aliphatic carbocycles. The summed E-state index contributed by atoms with van der Waals surface area (Å²) in [7, 11) is 0. The van der Waals surface area contributed by atoms with Crippen LogP contribution >= 0.6 is 0 Å². The summed E-state index contributed by atoms with van der Waals surface area (Å²) in [6.45, 7) is 2.40. The Morgan fingerprint density at radius 1 is 1.39 bits per heavy atom. The van der Waals surface area contributed by atoms with Crippen molar-refractivity contribution in [2.24, 2.45) is 0 Å². The lowest BCUT2D eigenvalue weighted by Crippen LogP contribution is -2.11. The van der Waals surface area contributed by atoms with Crippen LogP contribution < -0.4 is 4.74 Å². The minimum atomic E-state index is -4.32. The molecule has 0 amide bonds. The fraction of sp³-hybridized carbons (Fsp3) is 0.500. The predicted octanol–water partition coefficient (Wildman–Crippen LogP) is 3.40. The van der Waals surface area contributed by atoms with E-state index < -0.39 is 24.8 Å². The standard InChI is InChI=1S/C12H14F3NO2/c1-2-5-18-10-6-9(7-16-8-10)11(17)3-4-12(13,14)15/h6-8H,2-5H2,1H3. The Kier molecular flexibility index (Phi) is 5.12. The molecule has 0 saturated carbocycles. The molecule has 0 aromatic carbocycles. The Hall–Kier alpha value is -1.59. The van der Waals surface area contributed by atoms with Crippen molar-refractivity contribution < 1.29 is 22.7 Å². The Bertz CT molecular complexity index is 405. The highest BCUT2D eigenvalue weighted by Gasteiger charge is 2.28. The highest BCUT2D eigenvalue weighted by Crippen LogP contribution is 2.23. The van der Waals surface area contributed by atoms with E-state index in [1.807, 2.05) is 6.92 Å². The Morgan fingerprint density at radius 2 is 2.11 bits per heavy atom. The zero-order chi connectivity index (χ0) is 13.6. The van der Waals surface area contributed by atoms with E-state index >= 15 is 0 Å². The number of carbonyl (C=O) groups excluding carboxylic acids is 1. The number of alkyl halides is 3. The summed E-state index contributed by atoms with van der Waals surface area (Å²) in [4.78, 5) is 15.3. The summed E-state index contributed by atoms with van der Waals surface area (Å²) in [6.07, 6.45) is -2.53. The van der Waals surface area contributed by atoms with Gasteiger partial charge in [0.25, 0.3) is 0 Å². The highest BCUT2D eigenvalue weighted by molar-refractivity contribution is 5.96. The predicted molar refractivity (Wildman–Crippen MR) is 59.6 cm³/mol. The summed E-state index contributed by atoms with van der Waals surface area (Å²) < 4.78 is 41.2. The molecule has 0 unspecified atom stereocenters. The highest BCUT2D eigenvalue weighted by atomic mass is 19.4. The molecule has 0 fully saturated rings. The van der Waals surface area contributed by atoms with Crippen LogP contribution in [0.4, 0.5) is 13.2 Å². The Morgan fingerprint density at radius 3 is 2.72 bits per heavy atom. The van der Waals surface area contributed by atoms with E-state index in [-0.39, 0.29) is 5.56 Å². The van der Waals surface area contributed by atoms with Gasteiger partial charge in [0.05, 0.1) is 19.2 Å². The number of halogens is 3. The number of pyridine rings is 1. The van der Waals surface area contributed by atoms with E-state index in [1.54, 1.807) is 0 Å². The molecule has 1 rings (SSSR count). The normalized spacial score (nSPS) is 11.3. The van der Waals surface area contributed by atoms with Crippen LogP contribution in [0.5, 0.6) is 5.75 Å². The first-order chi connectivity index (χ1) is 8.42. The van der Waals surface area contributed by atoms with Crippen molar-refractivity contribution in [1.82, 2.24) is 4.98 Å². The SMILES string of the molecule is CCCOc1cncc(C(=O)CCC(F)(F)F)c1. The molecule has 0 atom stereocenters. The van der Waals surface area contributed by atoms with Crippen LogP contribution in [0.25, 0.3) is 0 Å². The number of ether oxygens (including phenoxy) is 1.